The number of carbonyl (C=O) groups is 1. The maximum absolute atomic E-state index is 12.7. The second-order valence-electron chi connectivity index (χ2n) is 5.39. The van der Waals surface area contributed by atoms with Gasteiger partial charge in [0, 0.05) is 19.6 Å². The van der Waals surface area contributed by atoms with Crippen LogP contribution >= 0.6 is 0 Å². The number of carbonyl (C=O) groups excluding carboxylic acids is 1. The molecule has 1 fully saturated rings. The molecule has 3 heterocycles. The summed E-state index contributed by atoms with van der Waals surface area (Å²) >= 11 is 0. The highest BCUT2D eigenvalue weighted by Gasteiger charge is 2.40. The molecular formula is C12H16F3N5O. The Bertz CT molecular complexity index is 535. The second kappa shape index (κ2) is 5.28. The van der Waals surface area contributed by atoms with E-state index >= 15 is 0 Å². The van der Waals surface area contributed by atoms with Crippen LogP contribution in [0, 0.1) is 5.92 Å². The van der Waals surface area contributed by atoms with Gasteiger partial charge in [0.15, 0.2) is 5.82 Å². The Morgan fingerprint density at radius 3 is 2.76 bits per heavy atom. The van der Waals surface area contributed by atoms with Gasteiger partial charge in [-0.15, -0.1) is 10.2 Å². The number of nitrogens with zero attached hydrogens (tertiary/aromatic N) is 4. The van der Waals surface area contributed by atoms with E-state index < -0.39 is 12.0 Å². The maximum atomic E-state index is 12.7. The molecule has 6 nitrogen and oxygen atoms in total. The van der Waals surface area contributed by atoms with Crippen LogP contribution in [0.3, 0.4) is 0 Å². The smallest absolute Gasteiger partial charge is 0.333 e. The number of fused-ring (bicyclic) bond motifs is 1. The molecule has 116 valence electrons. The van der Waals surface area contributed by atoms with Crippen LogP contribution in [-0.2, 0) is 24.1 Å². The molecule has 0 saturated carbocycles. The number of hydrogen-bond acceptors (Lipinski definition) is 4. The highest BCUT2D eigenvalue weighted by Crippen LogP contribution is 2.29. The third-order valence-corrected chi connectivity index (χ3v) is 3.96. The maximum Gasteiger partial charge on any atom is 0.451 e. The van der Waals surface area contributed by atoms with E-state index in [0.29, 0.717) is 6.54 Å². The highest BCUT2D eigenvalue weighted by atomic mass is 19.4. The summed E-state index contributed by atoms with van der Waals surface area (Å²) in [5.74, 6) is -0.880. The molecule has 0 radical (unpaired) electrons. The van der Waals surface area contributed by atoms with Crippen LogP contribution in [0.2, 0.25) is 0 Å². The van der Waals surface area contributed by atoms with Gasteiger partial charge in [-0.05, 0) is 19.4 Å². The summed E-state index contributed by atoms with van der Waals surface area (Å²) in [7, 11) is 0. The van der Waals surface area contributed by atoms with Crippen LogP contribution < -0.4 is 5.32 Å². The van der Waals surface area contributed by atoms with Crippen LogP contribution in [0.5, 0.6) is 0 Å². The lowest BCUT2D eigenvalue weighted by Crippen LogP contribution is -2.46. The predicted octanol–water partition coefficient (Wildman–Crippen LogP) is 0.639. The van der Waals surface area contributed by atoms with E-state index in [-0.39, 0.29) is 37.3 Å². The minimum atomic E-state index is -4.51. The second-order valence-corrected chi connectivity index (χ2v) is 5.39. The zero-order chi connectivity index (χ0) is 15.0. The Morgan fingerprint density at radius 2 is 2.10 bits per heavy atom. The zero-order valence-electron chi connectivity index (χ0n) is 11.4. The van der Waals surface area contributed by atoms with Crippen LogP contribution in [-0.4, -0.2) is 45.2 Å². The van der Waals surface area contributed by atoms with Crippen molar-refractivity contribution in [2.24, 2.45) is 5.92 Å². The molecule has 21 heavy (non-hydrogen) atoms. The molecule has 2 aliphatic rings. The number of aromatic nitrogens is 3. The Kier molecular flexibility index (Phi) is 3.60. The number of halogens is 3. The largest absolute Gasteiger partial charge is 0.451 e. The van der Waals surface area contributed by atoms with Gasteiger partial charge in [-0.25, -0.2) is 0 Å². The molecule has 1 atom stereocenters. The summed E-state index contributed by atoms with van der Waals surface area (Å²) in [5.41, 5.74) is 0. The fourth-order valence-electron chi connectivity index (χ4n) is 2.88. The van der Waals surface area contributed by atoms with Crippen LogP contribution in [0.25, 0.3) is 0 Å². The van der Waals surface area contributed by atoms with Gasteiger partial charge >= 0.3 is 6.18 Å². The summed E-state index contributed by atoms with van der Waals surface area (Å²) in [5, 5.41) is 9.97. The lowest BCUT2D eigenvalue weighted by Gasteiger charge is -2.32. The number of piperidine rings is 1. The van der Waals surface area contributed by atoms with Crippen molar-refractivity contribution >= 4 is 5.91 Å². The molecule has 1 N–H and O–H groups in total. The molecule has 9 heteroatoms. The number of alkyl halides is 3. The van der Waals surface area contributed by atoms with E-state index in [0.717, 1.165) is 24.0 Å². The van der Waals surface area contributed by atoms with Crippen molar-refractivity contribution in [3.05, 3.63) is 11.6 Å². The van der Waals surface area contributed by atoms with E-state index in [1.165, 1.54) is 0 Å². The van der Waals surface area contributed by atoms with Gasteiger partial charge in [-0.2, -0.15) is 13.2 Å². The Labute approximate surface area is 119 Å². The van der Waals surface area contributed by atoms with Gasteiger partial charge < -0.3 is 14.8 Å². The highest BCUT2D eigenvalue weighted by molar-refractivity contribution is 5.79. The van der Waals surface area contributed by atoms with Gasteiger partial charge in [-0.3, -0.25) is 4.79 Å². The predicted molar refractivity (Wildman–Crippen MR) is 66.0 cm³/mol. The summed E-state index contributed by atoms with van der Waals surface area (Å²) < 4.78 is 39.3. The van der Waals surface area contributed by atoms with Crippen molar-refractivity contribution in [3.8, 4) is 0 Å². The summed E-state index contributed by atoms with van der Waals surface area (Å²) in [6.45, 7) is 1.99. The lowest BCUT2D eigenvalue weighted by molar-refractivity contribution is -0.148. The van der Waals surface area contributed by atoms with E-state index in [9.17, 15) is 18.0 Å². The SMILES string of the molecule is O=C([C@H]1CCCNC1)N1CCn2c(nnc2C(F)(F)F)C1. The number of nitrogens with one attached hydrogen (secondary N) is 1. The first-order valence-corrected chi connectivity index (χ1v) is 6.95. The minimum Gasteiger partial charge on any atom is -0.333 e. The molecule has 1 amide bonds. The van der Waals surface area contributed by atoms with Crippen molar-refractivity contribution in [2.45, 2.75) is 32.1 Å². The summed E-state index contributed by atoms with van der Waals surface area (Å²) in [4.78, 5) is 14.0. The minimum absolute atomic E-state index is 0.00925. The van der Waals surface area contributed by atoms with Gasteiger partial charge in [0.1, 0.15) is 0 Å². The fraction of sp³-hybridized carbons (Fsp3) is 0.750. The van der Waals surface area contributed by atoms with Crippen LogP contribution in [0.4, 0.5) is 13.2 Å². The van der Waals surface area contributed by atoms with E-state index in [2.05, 4.69) is 15.5 Å². The lowest BCUT2D eigenvalue weighted by atomic mass is 9.98. The van der Waals surface area contributed by atoms with Crippen molar-refractivity contribution in [1.82, 2.24) is 25.0 Å². The molecule has 0 unspecified atom stereocenters. The fourth-order valence-corrected chi connectivity index (χ4v) is 2.88. The molecule has 0 aliphatic carbocycles. The Morgan fingerprint density at radius 1 is 1.29 bits per heavy atom. The van der Waals surface area contributed by atoms with E-state index in [1.807, 2.05) is 0 Å². The molecule has 0 bridgehead atoms. The van der Waals surface area contributed by atoms with Crippen molar-refractivity contribution in [1.29, 1.82) is 0 Å². The first-order valence-electron chi connectivity index (χ1n) is 6.95. The first kappa shape index (κ1) is 14.3. The third-order valence-electron chi connectivity index (χ3n) is 3.96. The van der Waals surface area contributed by atoms with Gasteiger partial charge in [0.05, 0.1) is 12.5 Å². The topological polar surface area (TPSA) is 63.1 Å². The normalized spacial score (nSPS) is 23.0. The monoisotopic (exact) mass is 303 g/mol. The zero-order valence-corrected chi connectivity index (χ0v) is 11.4. The van der Waals surface area contributed by atoms with Crippen LogP contribution in [0.1, 0.15) is 24.5 Å². The molecular weight excluding hydrogens is 287 g/mol. The molecule has 2 aliphatic heterocycles. The number of amides is 1. The molecule has 1 aromatic heterocycles. The molecule has 1 saturated heterocycles. The first-order chi connectivity index (χ1) is 9.97. The van der Waals surface area contributed by atoms with Crippen molar-refractivity contribution in [3.63, 3.8) is 0 Å². The molecule has 0 aromatic carbocycles. The van der Waals surface area contributed by atoms with Crippen molar-refractivity contribution in [2.75, 3.05) is 19.6 Å². The summed E-state index contributed by atoms with van der Waals surface area (Å²) in [6, 6.07) is 0. The van der Waals surface area contributed by atoms with Crippen molar-refractivity contribution < 1.29 is 18.0 Å². The standard InChI is InChI=1S/C12H16F3N5O/c13-12(14,15)11-18-17-9-7-19(4-5-20(9)11)10(21)8-2-1-3-16-6-8/h8,16H,1-7H2/t8-/m0/s1. The third kappa shape index (κ3) is 2.74. The van der Waals surface area contributed by atoms with E-state index in [1.54, 1.807) is 4.90 Å². The summed E-state index contributed by atoms with van der Waals surface area (Å²) in [6.07, 6.45) is -2.74. The molecule has 3 rings (SSSR count). The van der Waals surface area contributed by atoms with Gasteiger partial charge in [0.25, 0.3) is 0 Å². The molecule has 1 aromatic rings. The number of rotatable bonds is 1. The molecule has 0 spiro atoms. The Balaban J connectivity index is 1.73. The average Bonchev–Trinajstić information content (AvgIpc) is 2.90. The van der Waals surface area contributed by atoms with Gasteiger partial charge in [-0.1, -0.05) is 0 Å². The quantitative estimate of drug-likeness (QED) is 0.827. The Hall–Kier alpha value is -1.64. The van der Waals surface area contributed by atoms with Crippen LogP contribution in [0.15, 0.2) is 0 Å². The van der Waals surface area contributed by atoms with E-state index in [4.69, 9.17) is 0 Å². The number of hydrogen-bond donors (Lipinski definition) is 1. The van der Waals surface area contributed by atoms with Gasteiger partial charge in [0.2, 0.25) is 11.7 Å². The average molecular weight is 303 g/mol.